The molecule has 0 amide bonds. The molecule has 0 aliphatic carbocycles. The summed E-state index contributed by atoms with van der Waals surface area (Å²) in [5.74, 6) is -0.576. The van der Waals surface area contributed by atoms with Crippen LogP contribution in [0.1, 0.15) is 22.5 Å². The second-order valence-electron chi connectivity index (χ2n) is 6.17. The van der Waals surface area contributed by atoms with Crippen molar-refractivity contribution < 1.29 is 26.5 Å². The molecule has 3 rings (SSSR count). The first-order chi connectivity index (χ1) is 13.3. The molecule has 0 saturated heterocycles. The summed E-state index contributed by atoms with van der Waals surface area (Å²) in [7, 11) is -4.65. The minimum absolute atomic E-state index is 0.0423. The largest absolute Gasteiger partial charge is 0.433 e. The van der Waals surface area contributed by atoms with E-state index in [2.05, 4.69) is 15.1 Å². The lowest BCUT2D eigenvalue weighted by Gasteiger charge is -2.10. The zero-order valence-corrected chi connectivity index (χ0v) is 16.0. The van der Waals surface area contributed by atoms with Crippen LogP contribution >= 0.6 is 0 Å². The van der Waals surface area contributed by atoms with Crippen molar-refractivity contribution in [1.29, 1.82) is 0 Å². The van der Waals surface area contributed by atoms with Crippen LogP contribution in [0.3, 0.4) is 0 Å². The molecule has 0 saturated carbocycles. The Balaban J connectivity index is 2.17. The maximum atomic E-state index is 13.2. The smallest absolute Gasteiger partial charge is 0.270 e. The molecule has 3 aromatic rings. The Kier molecular flexibility index (Phi) is 4.69. The number of rotatable bonds is 4. The number of anilines is 1. The molecule has 29 heavy (non-hydrogen) atoms. The molecule has 1 aromatic carbocycles. The Labute approximate surface area is 161 Å². The summed E-state index contributed by atoms with van der Waals surface area (Å²) in [6.07, 6.45) is -4.83. The number of nitrogens with one attached hydrogen (secondary N) is 1. The van der Waals surface area contributed by atoms with Crippen molar-refractivity contribution >= 4 is 27.2 Å². The van der Waals surface area contributed by atoms with Gasteiger partial charge in [0.2, 0.25) is 0 Å². The number of sulfonamides is 1. The van der Waals surface area contributed by atoms with Crippen LogP contribution in [0, 0.1) is 30.9 Å². The van der Waals surface area contributed by atoms with E-state index in [1.807, 2.05) is 4.72 Å². The predicted molar refractivity (Wildman–Crippen MR) is 93.9 cm³/mol. The van der Waals surface area contributed by atoms with E-state index in [9.17, 15) is 31.7 Å². The Bertz CT molecular complexity index is 1250. The Morgan fingerprint density at radius 3 is 2.34 bits per heavy atom. The van der Waals surface area contributed by atoms with E-state index in [-0.39, 0.29) is 27.0 Å². The number of nitro benzene ring substituents is 1. The second kappa shape index (κ2) is 6.65. The van der Waals surface area contributed by atoms with Crippen LogP contribution in [0.4, 0.5) is 24.5 Å². The zero-order valence-electron chi connectivity index (χ0n) is 15.1. The van der Waals surface area contributed by atoms with Crippen molar-refractivity contribution in [2.24, 2.45) is 0 Å². The summed E-state index contributed by atoms with van der Waals surface area (Å²) < 4.78 is 67.3. The van der Waals surface area contributed by atoms with Gasteiger partial charge in [0.1, 0.15) is 5.69 Å². The molecule has 0 fully saturated rings. The number of nitro groups is 1. The van der Waals surface area contributed by atoms with Gasteiger partial charge in [0.25, 0.3) is 26.6 Å². The fourth-order valence-electron chi connectivity index (χ4n) is 2.62. The average Bonchev–Trinajstić information content (AvgIpc) is 3.00. The summed E-state index contributed by atoms with van der Waals surface area (Å²) in [4.78, 5) is 17.9. The standard InChI is InChI=1S/C15H13F3N6O4S/c1-7-4-5-8(2)12(24(25)26)11(7)22-29(27,28)14-20-13-19-9(3)6-10(15(16,17)18)23(13)21-14/h4-6,22H,1-3H3. The molecule has 14 heteroatoms. The Hall–Kier alpha value is -3.29. The van der Waals surface area contributed by atoms with Crippen molar-refractivity contribution in [3.63, 3.8) is 0 Å². The second-order valence-corrected chi connectivity index (χ2v) is 7.75. The summed E-state index contributed by atoms with van der Waals surface area (Å²) in [6, 6.07) is 3.60. The van der Waals surface area contributed by atoms with E-state index < -0.39 is 43.4 Å². The van der Waals surface area contributed by atoms with Crippen molar-refractivity contribution in [3.8, 4) is 0 Å². The molecule has 0 aliphatic rings. The van der Waals surface area contributed by atoms with Crippen LogP contribution in [-0.4, -0.2) is 32.9 Å². The molecule has 2 heterocycles. The van der Waals surface area contributed by atoms with Gasteiger partial charge in [0, 0.05) is 11.3 Å². The first-order valence-electron chi connectivity index (χ1n) is 7.90. The van der Waals surface area contributed by atoms with Crippen LogP contribution in [0.15, 0.2) is 23.4 Å². The van der Waals surface area contributed by atoms with Gasteiger partial charge in [-0.3, -0.25) is 14.8 Å². The van der Waals surface area contributed by atoms with Crippen LogP contribution in [0.5, 0.6) is 0 Å². The molecular weight excluding hydrogens is 417 g/mol. The first-order valence-corrected chi connectivity index (χ1v) is 9.38. The maximum absolute atomic E-state index is 13.2. The number of halogens is 3. The van der Waals surface area contributed by atoms with Gasteiger partial charge >= 0.3 is 6.18 Å². The third-order valence-corrected chi connectivity index (χ3v) is 5.09. The number of nitrogens with zero attached hydrogens (tertiary/aromatic N) is 5. The minimum Gasteiger partial charge on any atom is -0.270 e. The van der Waals surface area contributed by atoms with Gasteiger partial charge in [0.05, 0.1) is 4.92 Å². The molecule has 0 unspecified atom stereocenters. The summed E-state index contributed by atoms with van der Waals surface area (Å²) >= 11 is 0. The van der Waals surface area contributed by atoms with E-state index >= 15 is 0 Å². The Morgan fingerprint density at radius 2 is 1.76 bits per heavy atom. The number of hydrogen-bond donors (Lipinski definition) is 1. The molecule has 0 atom stereocenters. The van der Waals surface area contributed by atoms with Crippen molar-refractivity contribution in [3.05, 3.63) is 50.8 Å². The molecular formula is C15H13F3N6O4S. The normalized spacial score (nSPS) is 12.3. The van der Waals surface area contributed by atoms with E-state index in [4.69, 9.17) is 0 Å². The third kappa shape index (κ3) is 3.70. The highest BCUT2D eigenvalue weighted by atomic mass is 32.2. The molecule has 10 nitrogen and oxygen atoms in total. The van der Waals surface area contributed by atoms with Crippen LogP contribution < -0.4 is 4.72 Å². The SMILES string of the molecule is Cc1cc(C(F)(F)F)n2nc(S(=O)(=O)Nc3c(C)ccc(C)c3[N+](=O)[O-])nc2n1. The van der Waals surface area contributed by atoms with E-state index in [0.717, 1.165) is 0 Å². The summed E-state index contributed by atoms with van der Waals surface area (Å²) in [5, 5.41) is 13.8. The van der Waals surface area contributed by atoms with Crippen molar-refractivity contribution in [2.45, 2.75) is 32.1 Å². The Morgan fingerprint density at radius 1 is 1.14 bits per heavy atom. The molecule has 0 aliphatic heterocycles. The van der Waals surface area contributed by atoms with Gasteiger partial charge < -0.3 is 0 Å². The number of hydrogen-bond acceptors (Lipinski definition) is 7. The van der Waals surface area contributed by atoms with Gasteiger partial charge in [-0.25, -0.2) is 4.98 Å². The summed E-state index contributed by atoms with van der Waals surface area (Å²) in [5.41, 5.74) is -1.68. The molecule has 0 bridgehead atoms. The van der Waals surface area contributed by atoms with Gasteiger partial charge in [0.15, 0.2) is 5.69 Å². The van der Waals surface area contributed by atoms with E-state index in [0.29, 0.717) is 6.07 Å². The van der Waals surface area contributed by atoms with Crippen LogP contribution in [-0.2, 0) is 16.2 Å². The molecule has 0 spiro atoms. The van der Waals surface area contributed by atoms with Crippen molar-refractivity contribution in [2.75, 3.05) is 4.72 Å². The van der Waals surface area contributed by atoms with Gasteiger partial charge in [-0.1, -0.05) is 12.1 Å². The maximum Gasteiger partial charge on any atom is 0.433 e. The van der Waals surface area contributed by atoms with Gasteiger partial charge in [-0.15, -0.1) is 5.10 Å². The number of benzene rings is 1. The molecule has 154 valence electrons. The number of aromatic nitrogens is 4. The van der Waals surface area contributed by atoms with E-state index in [1.54, 1.807) is 0 Å². The predicted octanol–water partition coefficient (Wildman–Crippen LogP) is 2.78. The third-order valence-electron chi connectivity index (χ3n) is 3.96. The lowest BCUT2D eigenvalue weighted by molar-refractivity contribution is -0.384. The van der Waals surface area contributed by atoms with Crippen LogP contribution in [0.25, 0.3) is 5.78 Å². The lowest BCUT2D eigenvalue weighted by atomic mass is 10.1. The average molecular weight is 430 g/mol. The van der Waals surface area contributed by atoms with Crippen LogP contribution in [0.2, 0.25) is 0 Å². The molecule has 2 aromatic heterocycles. The lowest BCUT2D eigenvalue weighted by Crippen LogP contribution is -2.17. The van der Waals surface area contributed by atoms with Crippen molar-refractivity contribution in [1.82, 2.24) is 19.6 Å². The molecule has 0 radical (unpaired) electrons. The highest BCUT2D eigenvalue weighted by Crippen LogP contribution is 2.33. The quantitative estimate of drug-likeness (QED) is 0.497. The van der Waals surface area contributed by atoms with Gasteiger partial charge in [-0.05, 0) is 32.4 Å². The first kappa shape index (κ1) is 20.4. The zero-order chi connectivity index (χ0) is 21.7. The monoisotopic (exact) mass is 430 g/mol. The topological polar surface area (TPSA) is 132 Å². The highest BCUT2D eigenvalue weighted by molar-refractivity contribution is 7.92. The fourth-order valence-corrected chi connectivity index (χ4v) is 3.63. The molecule has 1 N–H and O–H groups in total. The number of aryl methyl sites for hydroxylation is 3. The minimum atomic E-state index is -4.83. The summed E-state index contributed by atoms with van der Waals surface area (Å²) in [6.45, 7) is 4.14. The highest BCUT2D eigenvalue weighted by Gasteiger charge is 2.36. The fraction of sp³-hybridized carbons (Fsp3) is 0.267. The number of fused-ring (bicyclic) bond motifs is 1. The van der Waals surface area contributed by atoms with E-state index in [1.165, 1.54) is 32.9 Å². The number of alkyl halides is 3. The van der Waals surface area contributed by atoms with Gasteiger partial charge in [-0.2, -0.15) is 31.1 Å².